The predicted molar refractivity (Wildman–Crippen MR) is 124 cm³/mol. The summed E-state index contributed by atoms with van der Waals surface area (Å²) in [6.45, 7) is 5.62. The number of nitrogens with zero attached hydrogens (tertiary/aromatic N) is 2. The number of nitrogens with one attached hydrogen (secondary N) is 1. The Bertz CT molecular complexity index is 984. The van der Waals surface area contributed by atoms with Gasteiger partial charge >= 0.3 is 0 Å². The van der Waals surface area contributed by atoms with Gasteiger partial charge in [0.25, 0.3) is 0 Å². The van der Waals surface area contributed by atoms with Gasteiger partial charge in [-0.3, -0.25) is 14.6 Å². The lowest BCUT2D eigenvalue weighted by Crippen LogP contribution is -2.52. The Morgan fingerprint density at radius 1 is 1.00 bits per heavy atom. The monoisotopic (exact) mass is 441 g/mol. The summed E-state index contributed by atoms with van der Waals surface area (Å²) in [5.41, 5.74) is 3.43. The van der Waals surface area contributed by atoms with Crippen LogP contribution in [0.4, 0.5) is 0 Å². The Morgan fingerprint density at radius 2 is 1.65 bits per heavy atom. The van der Waals surface area contributed by atoms with Crippen molar-refractivity contribution in [1.82, 2.24) is 15.1 Å². The maximum atomic E-state index is 12.6. The van der Waals surface area contributed by atoms with Crippen LogP contribution in [0.2, 0.25) is 0 Å². The van der Waals surface area contributed by atoms with Crippen molar-refractivity contribution in [3.8, 4) is 11.1 Å². The van der Waals surface area contributed by atoms with Crippen molar-refractivity contribution in [3.63, 3.8) is 0 Å². The Morgan fingerprint density at radius 3 is 2.26 bits per heavy atom. The summed E-state index contributed by atoms with van der Waals surface area (Å²) in [7, 11) is -2.86. The lowest BCUT2D eigenvalue weighted by atomic mass is 10.0. The minimum absolute atomic E-state index is 0.0246. The van der Waals surface area contributed by atoms with Crippen LogP contribution >= 0.6 is 0 Å². The molecule has 2 heterocycles. The molecule has 7 heteroatoms. The molecule has 0 aliphatic carbocycles. The molecule has 0 bridgehead atoms. The topological polar surface area (TPSA) is 69.7 Å². The number of hydrogen-bond acceptors (Lipinski definition) is 5. The number of sulfone groups is 1. The van der Waals surface area contributed by atoms with E-state index < -0.39 is 9.84 Å². The molecule has 2 aliphatic rings. The quantitative estimate of drug-likeness (QED) is 0.745. The van der Waals surface area contributed by atoms with Crippen molar-refractivity contribution >= 4 is 15.7 Å². The van der Waals surface area contributed by atoms with Crippen LogP contribution in [0.1, 0.15) is 24.9 Å². The molecule has 1 N–H and O–H groups in total. The van der Waals surface area contributed by atoms with Crippen LogP contribution in [0.5, 0.6) is 0 Å². The first-order chi connectivity index (χ1) is 14.9. The molecular formula is C24H31N3O3S. The van der Waals surface area contributed by atoms with Crippen molar-refractivity contribution < 1.29 is 13.2 Å². The lowest BCUT2D eigenvalue weighted by Gasteiger charge is -2.37. The van der Waals surface area contributed by atoms with E-state index in [2.05, 4.69) is 51.5 Å². The summed E-state index contributed by atoms with van der Waals surface area (Å²) in [5.74, 6) is 0.620. The van der Waals surface area contributed by atoms with Crippen LogP contribution in [0.3, 0.4) is 0 Å². The molecule has 0 saturated carbocycles. The largest absolute Gasteiger partial charge is 0.348 e. The highest BCUT2D eigenvalue weighted by molar-refractivity contribution is 7.91. The first-order valence-electron chi connectivity index (χ1n) is 11.0. The van der Waals surface area contributed by atoms with Crippen LogP contribution in [0.15, 0.2) is 54.6 Å². The van der Waals surface area contributed by atoms with Crippen LogP contribution in [-0.2, 0) is 14.6 Å². The SMILES string of the molecule is C[C@H](NC(=O)CN1CCN([C@H]2CCS(=O)(=O)C2)CC1)c1ccc(-c2ccccc2)cc1. The number of amides is 1. The summed E-state index contributed by atoms with van der Waals surface area (Å²) in [4.78, 5) is 17.0. The Kier molecular flexibility index (Phi) is 6.74. The number of carbonyl (C=O) groups excluding carboxylic acids is 1. The molecule has 1 amide bonds. The number of hydrogen-bond donors (Lipinski definition) is 1. The second kappa shape index (κ2) is 9.51. The molecule has 2 saturated heterocycles. The summed E-state index contributed by atoms with van der Waals surface area (Å²) in [6, 6.07) is 18.7. The molecular weight excluding hydrogens is 410 g/mol. The first kappa shape index (κ1) is 22.0. The number of carbonyl (C=O) groups is 1. The predicted octanol–water partition coefficient (Wildman–Crippen LogP) is 2.34. The molecule has 31 heavy (non-hydrogen) atoms. The van der Waals surface area contributed by atoms with Gasteiger partial charge in [-0.25, -0.2) is 8.42 Å². The highest BCUT2D eigenvalue weighted by Gasteiger charge is 2.33. The zero-order valence-corrected chi connectivity index (χ0v) is 18.9. The third-order valence-electron chi connectivity index (χ3n) is 6.39. The second-order valence-electron chi connectivity index (χ2n) is 8.65. The third kappa shape index (κ3) is 5.73. The molecule has 2 fully saturated rings. The first-order valence-corrected chi connectivity index (χ1v) is 12.8. The zero-order chi connectivity index (χ0) is 21.8. The van der Waals surface area contributed by atoms with E-state index in [1.165, 1.54) is 5.56 Å². The smallest absolute Gasteiger partial charge is 0.234 e. The van der Waals surface area contributed by atoms with Gasteiger partial charge in [0, 0.05) is 32.2 Å². The summed E-state index contributed by atoms with van der Waals surface area (Å²) in [5, 5.41) is 3.11. The molecule has 0 radical (unpaired) electrons. The molecule has 166 valence electrons. The average molecular weight is 442 g/mol. The zero-order valence-electron chi connectivity index (χ0n) is 18.0. The van der Waals surface area contributed by atoms with Crippen molar-refractivity contribution in [3.05, 3.63) is 60.2 Å². The van der Waals surface area contributed by atoms with Crippen LogP contribution in [0, 0.1) is 0 Å². The maximum Gasteiger partial charge on any atom is 0.234 e. The summed E-state index contributed by atoms with van der Waals surface area (Å²) >= 11 is 0. The van der Waals surface area contributed by atoms with Crippen LogP contribution in [-0.4, -0.2) is 74.4 Å². The molecule has 2 atom stereocenters. The fourth-order valence-electron chi connectivity index (χ4n) is 4.52. The van der Waals surface area contributed by atoms with Crippen LogP contribution < -0.4 is 5.32 Å². The van der Waals surface area contributed by atoms with Gasteiger partial charge in [0.2, 0.25) is 5.91 Å². The van der Waals surface area contributed by atoms with Crippen molar-refractivity contribution in [2.45, 2.75) is 25.4 Å². The van der Waals surface area contributed by atoms with Gasteiger partial charge in [-0.2, -0.15) is 0 Å². The van der Waals surface area contributed by atoms with Crippen LogP contribution in [0.25, 0.3) is 11.1 Å². The molecule has 2 aromatic rings. The Balaban J connectivity index is 1.24. The number of rotatable bonds is 6. The number of piperazine rings is 1. The van der Waals surface area contributed by atoms with E-state index >= 15 is 0 Å². The fraction of sp³-hybridized carbons (Fsp3) is 0.458. The highest BCUT2D eigenvalue weighted by atomic mass is 32.2. The maximum absolute atomic E-state index is 12.6. The van der Waals surface area contributed by atoms with Gasteiger partial charge < -0.3 is 5.32 Å². The molecule has 2 aliphatic heterocycles. The Hall–Kier alpha value is -2.22. The lowest BCUT2D eigenvalue weighted by molar-refractivity contribution is -0.123. The van der Waals surface area contributed by atoms with E-state index in [9.17, 15) is 13.2 Å². The minimum atomic E-state index is -2.86. The number of benzene rings is 2. The van der Waals surface area contributed by atoms with Gasteiger partial charge in [0.15, 0.2) is 9.84 Å². The van der Waals surface area contributed by atoms with Gasteiger partial charge in [-0.05, 0) is 30.0 Å². The average Bonchev–Trinajstić information content (AvgIpc) is 3.14. The van der Waals surface area contributed by atoms with E-state index in [4.69, 9.17) is 0 Å². The van der Waals surface area contributed by atoms with Crippen molar-refractivity contribution in [2.75, 3.05) is 44.2 Å². The molecule has 2 aromatic carbocycles. The van der Waals surface area contributed by atoms with E-state index in [1.807, 2.05) is 25.1 Å². The van der Waals surface area contributed by atoms with E-state index in [1.54, 1.807) is 0 Å². The molecule has 0 aromatic heterocycles. The van der Waals surface area contributed by atoms with Gasteiger partial charge in [0.1, 0.15) is 0 Å². The molecule has 4 rings (SSSR count). The summed E-state index contributed by atoms with van der Waals surface area (Å²) in [6.07, 6.45) is 0.739. The van der Waals surface area contributed by atoms with Crippen molar-refractivity contribution in [1.29, 1.82) is 0 Å². The third-order valence-corrected chi connectivity index (χ3v) is 8.14. The molecule has 0 unspecified atom stereocenters. The van der Waals surface area contributed by atoms with E-state index in [0.717, 1.165) is 43.7 Å². The van der Waals surface area contributed by atoms with E-state index in [-0.39, 0.29) is 23.7 Å². The van der Waals surface area contributed by atoms with E-state index in [0.29, 0.717) is 12.3 Å². The fourth-order valence-corrected chi connectivity index (χ4v) is 6.28. The van der Waals surface area contributed by atoms with Crippen molar-refractivity contribution in [2.24, 2.45) is 0 Å². The normalized spacial score (nSPS) is 22.8. The molecule has 0 spiro atoms. The van der Waals surface area contributed by atoms with Gasteiger partial charge in [0.05, 0.1) is 24.1 Å². The standard InChI is InChI=1S/C24H31N3O3S/c1-19(20-7-9-22(10-8-20)21-5-3-2-4-6-21)25-24(28)17-26-12-14-27(15-13-26)23-11-16-31(29,30)18-23/h2-10,19,23H,11-18H2,1H3,(H,25,28)/t19-,23-/m0/s1. The molecule has 6 nitrogen and oxygen atoms in total. The minimum Gasteiger partial charge on any atom is -0.348 e. The summed E-state index contributed by atoms with van der Waals surface area (Å²) < 4.78 is 23.4. The Labute approximate surface area is 185 Å². The van der Waals surface area contributed by atoms with Gasteiger partial charge in [-0.1, -0.05) is 54.6 Å². The highest BCUT2D eigenvalue weighted by Crippen LogP contribution is 2.22. The van der Waals surface area contributed by atoms with Gasteiger partial charge in [-0.15, -0.1) is 0 Å². The second-order valence-corrected chi connectivity index (χ2v) is 10.9.